The van der Waals surface area contributed by atoms with Crippen molar-refractivity contribution in [3.05, 3.63) is 34.3 Å². The van der Waals surface area contributed by atoms with Crippen molar-refractivity contribution in [3.63, 3.8) is 0 Å². The van der Waals surface area contributed by atoms with Gasteiger partial charge in [0.15, 0.2) is 0 Å². The van der Waals surface area contributed by atoms with E-state index in [1.165, 1.54) is 0 Å². The minimum Gasteiger partial charge on any atom is -0.497 e. The maximum atomic E-state index is 5.92. The topological polar surface area (TPSA) is 60.2 Å². The maximum Gasteiger partial charge on any atom is 0.121 e. The Morgan fingerprint density at radius 2 is 2.28 bits per heavy atom. The molecule has 0 radical (unpaired) electrons. The van der Waals surface area contributed by atoms with Crippen LogP contribution in [0.4, 0.5) is 11.4 Å². The summed E-state index contributed by atoms with van der Waals surface area (Å²) in [5.74, 6) is 0.772. The number of nitrogens with one attached hydrogen (secondary N) is 1. The van der Waals surface area contributed by atoms with Gasteiger partial charge < -0.3 is 15.8 Å². The molecule has 1 aromatic carbocycles. The minimum absolute atomic E-state index is 0.699. The first-order chi connectivity index (χ1) is 8.69. The number of nitrogen functional groups attached to an aromatic ring is 1. The Balaban J connectivity index is 1.90. The number of anilines is 2. The average molecular weight is 263 g/mol. The number of aryl methyl sites for hydroxylation is 1. The van der Waals surface area contributed by atoms with Crippen LogP contribution < -0.4 is 15.8 Å². The van der Waals surface area contributed by atoms with Crippen LogP contribution in [0.25, 0.3) is 0 Å². The van der Waals surface area contributed by atoms with Crippen molar-refractivity contribution in [2.45, 2.75) is 13.3 Å². The summed E-state index contributed by atoms with van der Waals surface area (Å²) < 4.78 is 5.11. The van der Waals surface area contributed by atoms with Gasteiger partial charge in [-0.15, -0.1) is 11.3 Å². The van der Waals surface area contributed by atoms with Gasteiger partial charge in [0.05, 0.1) is 23.5 Å². The highest BCUT2D eigenvalue weighted by atomic mass is 32.1. The van der Waals surface area contributed by atoms with Crippen LogP contribution in [-0.2, 0) is 6.42 Å². The Labute approximate surface area is 111 Å². The van der Waals surface area contributed by atoms with Crippen LogP contribution in [0, 0.1) is 6.92 Å². The monoisotopic (exact) mass is 263 g/mol. The van der Waals surface area contributed by atoms with Gasteiger partial charge in [-0.25, -0.2) is 4.98 Å². The van der Waals surface area contributed by atoms with Crippen molar-refractivity contribution >= 4 is 22.7 Å². The second-order valence-electron chi connectivity index (χ2n) is 4.01. The highest BCUT2D eigenvalue weighted by Gasteiger charge is 2.02. The molecule has 0 aliphatic rings. The van der Waals surface area contributed by atoms with Crippen molar-refractivity contribution in [3.8, 4) is 5.75 Å². The molecule has 0 aliphatic carbocycles. The molecule has 0 spiro atoms. The number of hydrogen-bond acceptors (Lipinski definition) is 5. The highest BCUT2D eigenvalue weighted by Crippen LogP contribution is 2.24. The Hall–Kier alpha value is -1.75. The molecule has 0 atom stereocenters. The zero-order valence-electron chi connectivity index (χ0n) is 10.6. The number of hydrogen-bond donors (Lipinski definition) is 2. The lowest BCUT2D eigenvalue weighted by Gasteiger charge is -2.09. The Bertz CT molecular complexity index is 525. The lowest BCUT2D eigenvalue weighted by molar-refractivity contribution is 0.415. The first-order valence-corrected chi connectivity index (χ1v) is 6.65. The van der Waals surface area contributed by atoms with Crippen LogP contribution in [-0.4, -0.2) is 18.6 Å². The van der Waals surface area contributed by atoms with Crippen LogP contribution in [0.2, 0.25) is 0 Å². The minimum atomic E-state index is 0.699. The second kappa shape index (κ2) is 5.73. The molecule has 0 amide bonds. The van der Waals surface area contributed by atoms with E-state index in [4.69, 9.17) is 10.5 Å². The lowest BCUT2D eigenvalue weighted by atomic mass is 10.2. The molecule has 3 N–H and O–H groups in total. The highest BCUT2D eigenvalue weighted by molar-refractivity contribution is 7.09. The third-order valence-electron chi connectivity index (χ3n) is 2.58. The Morgan fingerprint density at radius 3 is 2.89 bits per heavy atom. The quantitative estimate of drug-likeness (QED) is 0.814. The van der Waals surface area contributed by atoms with Gasteiger partial charge in [-0.05, 0) is 19.1 Å². The SMILES string of the molecule is COc1ccc(NCCc2nc(C)cs2)c(N)c1. The molecule has 2 rings (SSSR count). The number of rotatable bonds is 5. The molecular formula is C13H17N3OS. The van der Waals surface area contributed by atoms with Gasteiger partial charge in [0.25, 0.3) is 0 Å². The molecule has 0 bridgehead atoms. The van der Waals surface area contributed by atoms with E-state index in [0.717, 1.165) is 35.1 Å². The van der Waals surface area contributed by atoms with E-state index in [1.807, 2.05) is 25.1 Å². The van der Waals surface area contributed by atoms with Crippen molar-refractivity contribution in [1.82, 2.24) is 4.98 Å². The normalized spacial score (nSPS) is 10.3. The van der Waals surface area contributed by atoms with Crippen LogP contribution in [0.5, 0.6) is 5.75 Å². The van der Waals surface area contributed by atoms with Crippen molar-refractivity contribution < 1.29 is 4.74 Å². The summed E-state index contributed by atoms with van der Waals surface area (Å²) in [7, 11) is 1.63. The van der Waals surface area contributed by atoms with Gasteiger partial charge >= 0.3 is 0 Å². The van der Waals surface area contributed by atoms with Crippen LogP contribution >= 0.6 is 11.3 Å². The number of aromatic nitrogens is 1. The lowest BCUT2D eigenvalue weighted by Crippen LogP contribution is -2.06. The molecule has 0 fully saturated rings. The predicted molar refractivity (Wildman–Crippen MR) is 76.5 cm³/mol. The Kier molecular flexibility index (Phi) is 4.04. The molecular weight excluding hydrogens is 246 g/mol. The van der Waals surface area contributed by atoms with Gasteiger partial charge in [-0.1, -0.05) is 0 Å². The molecule has 1 heterocycles. The average Bonchev–Trinajstić information content (AvgIpc) is 2.77. The standard InChI is InChI=1S/C13H17N3OS/c1-9-8-18-13(16-9)5-6-15-12-4-3-10(17-2)7-11(12)14/h3-4,7-8,15H,5-6,14H2,1-2H3. The van der Waals surface area contributed by atoms with E-state index in [9.17, 15) is 0 Å². The van der Waals surface area contributed by atoms with Gasteiger partial charge in [0.2, 0.25) is 0 Å². The predicted octanol–water partition coefficient (Wildman–Crippen LogP) is 2.70. The van der Waals surface area contributed by atoms with E-state index >= 15 is 0 Å². The summed E-state index contributed by atoms with van der Waals surface area (Å²) >= 11 is 1.69. The van der Waals surface area contributed by atoms with Crippen molar-refractivity contribution in [2.24, 2.45) is 0 Å². The van der Waals surface area contributed by atoms with Crippen molar-refractivity contribution in [1.29, 1.82) is 0 Å². The molecule has 0 unspecified atom stereocenters. The number of methoxy groups -OCH3 is 1. The van der Waals surface area contributed by atoms with Gasteiger partial charge in [0.1, 0.15) is 5.75 Å². The molecule has 2 aromatic rings. The van der Waals surface area contributed by atoms with E-state index < -0.39 is 0 Å². The molecule has 96 valence electrons. The third-order valence-corrected chi connectivity index (χ3v) is 3.61. The summed E-state index contributed by atoms with van der Waals surface area (Å²) in [5, 5.41) is 6.52. The summed E-state index contributed by atoms with van der Waals surface area (Å²) in [4.78, 5) is 4.42. The third kappa shape index (κ3) is 3.13. The molecule has 18 heavy (non-hydrogen) atoms. The first kappa shape index (κ1) is 12.7. The van der Waals surface area contributed by atoms with E-state index in [1.54, 1.807) is 18.4 Å². The largest absolute Gasteiger partial charge is 0.497 e. The molecule has 5 heteroatoms. The zero-order valence-corrected chi connectivity index (χ0v) is 11.4. The fourth-order valence-electron chi connectivity index (χ4n) is 1.65. The molecule has 1 aromatic heterocycles. The number of nitrogens with two attached hydrogens (primary N) is 1. The molecule has 0 saturated carbocycles. The van der Waals surface area contributed by atoms with E-state index in [-0.39, 0.29) is 0 Å². The summed E-state index contributed by atoms with van der Waals surface area (Å²) in [6.07, 6.45) is 0.907. The van der Waals surface area contributed by atoms with Crippen LogP contribution in [0.3, 0.4) is 0 Å². The van der Waals surface area contributed by atoms with Gasteiger partial charge in [0, 0.05) is 30.1 Å². The fraction of sp³-hybridized carbons (Fsp3) is 0.308. The van der Waals surface area contributed by atoms with Crippen LogP contribution in [0.1, 0.15) is 10.7 Å². The van der Waals surface area contributed by atoms with E-state index in [0.29, 0.717) is 5.69 Å². The van der Waals surface area contributed by atoms with Gasteiger partial charge in [-0.2, -0.15) is 0 Å². The van der Waals surface area contributed by atoms with E-state index in [2.05, 4.69) is 15.7 Å². The summed E-state index contributed by atoms with van der Waals surface area (Å²) in [6.45, 7) is 2.83. The molecule has 0 aliphatic heterocycles. The zero-order chi connectivity index (χ0) is 13.0. The number of thiazole rings is 1. The summed E-state index contributed by atoms with van der Waals surface area (Å²) in [5.41, 5.74) is 8.64. The number of benzene rings is 1. The first-order valence-electron chi connectivity index (χ1n) is 5.77. The number of ether oxygens (including phenoxy) is 1. The fourth-order valence-corrected chi connectivity index (χ4v) is 2.43. The molecule has 0 saturated heterocycles. The van der Waals surface area contributed by atoms with Crippen molar-refractivity contribution in [2.75, 3.05) is 24.7 Å². The molecule has 4 nitrogen and oxygen atoms in total. The van der Waals surface area contributed by atoms with Gasteiger partial charge in [-0.3, -0.25) is 0 Å². The number of nitrogens with zero attached hydrogens (tertiary/aromatic N) is 1. The maximum absolute atomic E-state index is 5.92. The van der Waals surface area contributed by atoms with Crippen LogP contribution in [0.15, 0.2) is 23.6 Å². The smallest absolute Gasteiger partial charge is 0.121 e. The Morgan fingerprint density at radius 1 is 1.44 bits per heavy atom. The second-order valence-corrected chi connectivity index (χ2v) is 4.96. The summed E-state index contributed by atoms with van der Waals surface area (Å²) in [6, 6.07) is 5.64.